The van der Waals surface area contributed by atoms with E-state index in [0.29, 0.717) is 11.6 Å². The van der Waals surface area contributed by atoms with Crippen molar-refractivity contribution in [2.24, 2.45) is 7.05 Å². The molecule has 0 fully saturated rings. The normalized spacial score (nSPS) is 11.5. The number of rotatable bonds is 2. The van der Waals surface area contributed by atoms with Crippen LogP contribution in [0, 0.1) is 0 Å². The van der Waals surface area contributed by atoms with Crippen molar-refractivity contribution in [2.75, 3.05) is 19.0 Å². The Labute approximate surface area is 129 Å². The van der Waals surface area contributed by atoms with Crippen molar-refractivity contribution in [3.05, 3.63) is 50.8 Å². The van der Waals surface area contributed by atoms with Crippen LogP contribution in [-0.2, 0) is 12.5 Å². The number of aromatic nitrogens is 3. The number of nitrogens with zero attached hydrogens (tertiary/aromatic N) is 4. The monoisotopic (exact) mass is 302 g/mol. The lowest BCUT2D eigenvalue weighted by Gasteiger charge is -2.19. The van der Waals surface area contributed by atoms with Crippen LogP contribution in [0.25, 0.3) is 5.69 Å². The molecule has 0 N–H and O–H groups in total. The highest BCUT2D eigenvalue weighted by Crippen LogP contribution is 2.22. The Morgan fingerprint density at radius 2 is 1.59 bits per heavy atom. The number of benzene rings is 1. The molecule has 0 aliphatic rings. The summed E-state index contributed by atoms with van der Waals surface area (Å²) < 4.78 is 2.44. The zero-order valence-corrected chi connectivity index (χ0v) is 13.9. The summed E-state index contributed by atoms with van der Waals surface area (Å²) in [4.78, 5) is 30.3. The molecule has 0 saturated heterocycles. The lowest BCUT2D eigenvalue weighted by molar-refractivity contribution is 0.590. The first kappa shape index (κ1) is 16.0. The molecule has 1 aromatic carbocycles. The van der Waals surface area contributed by atoms with Crippen molar-refractivity contribution in [3.63, 3.8) is 0 Å². The van der Waals surface area contributed by atoms with Crippen LogP contribution < -0.4 is 16.3 Å². The van der Waals surface area contributed by atoms with Crippen molar-refractivity contribution in [3.8, 4) is 5.69 Å². The third kappa shape index (κ3) is 2.81. The quantitative estimate of drug-likeness (QED) is 0.839. The van der Waals surface area contributed by atoms with E-state index < -0.39 is 11.4 Å². The van der Waals surface area contributed by atoms with Crippen LogP contribution in [0.3, 0.4) is 0 Å². The van der Waals surface area contributed by atoms with Gasteiger partial charge in [0.1, 0.15) is 0 Å². The maximum Gasteiger partial charge on any atom is 0.359 e. The predicted molar refractivity (Wildman–Crippen MR) is 88.1 cm³/mol. The van der Waals surface area contributed by atoms with Gasteiger partial charge >= 0.3 is 11.4 Å². The van der Waals surface area contributed by atoms with E-state index in [1.807, 2.05) is 12.1 Å². The van der Waals surface area contributed by atoms with E-state index in [-0.39, 0.29) is 5.41 Å². The summed E-state index contributed by atoms with van der Waals surface area (Å²) in [5.41, 5.74) is 0.694. The van der Waals surface area contributed by atoms with Crippen LogP contribution in [0.1, 0.15) is 26.3 Å². The van der Waals surface area contributed by atoms with Gasteiger partial charge in [-0.15, -0.1) is 0 Å². The summed E-state index contributed by atoms with van der Waals surface area (Å²) in [5.74, 6) is 0.331. The lowest BCUT2D eigenvalue weighted by Crippen LogP contribution is -2.42. The zero-order valence-electron chi connectivity index (χ0n) is 13.9. The number of hydrogen-bond acceptors (Lipinski definition) is 4. The van der Waals surface area contributed by atoms with Crippen molar-refractivity contribution >= 4 is 5.95 Å². The van der Waals surface area contributed by atoms with Crippen LogP contribution in [-0.4, -0.2) is 28.2 Å². The Bertz CT molecular complexity index is 793. The molecule has 0 aliphatic heterocycles. The minimum absolute atomic E-state index is 0.0154. The molecule has 2 rings (SSSR count). The van der Waals surface area contributed by atoms with Gasteiger partial charge in [-0.05, 0) is 23.1 Å². The van der Waals surface area contributed by atoms with Crippen LogP contribution >= 0.6 is 0 Å². The fourth-order valence-corrected chi connectivity index (χ4v) is 2.26. The third-order valence-electron chi connectivity index (χ3n) is 3.56. The van der Waals surface area contributed by atoms with Gasteiger partial charge in [-0.3, -0.25) is 4.57 Å². The largest absolute Gasteiger partial charge is 0.359 e. The first-order chi connectivity index (χ1) is 10.1. The molecule has 0 atom stereocenters. The molecule has 0 saturated carbocycles. The Kier molecular flexibility index (Phi) is 3.96. The van der Waals surface area contributed by atoms with Crippen LogP contribution in [0.5, 0.6) is 0 Å². The van der Waals surface area contributed by atoms with Crippen LogP contribution in [0.15, 0.2) is 33.9 Å². The Morgan fingerprint density at radius 3 is 2.05 bits per heavy atom. The van der Waals surface area contributed by atoms with Gasteiger partial charge < -0.3 is 4.90 Å². The topological polar surface area (TPSA) is 60.1 Å². The molecule has 0 amide bonds. The van der Waals surface area contributed by atoms with Gasteiger partial charge in [0.05, 0.1) is 5.69 Å². The van der Waals surface area contributed by atoms with Gasteiger partial charge in [0.15, 0.2) is 0 Å². The molecule has 0 aliphatic carbocycles. The maximum absolute atomic E-state index is 12.5. The highest BCUT2D eigenvalue weighted by molar-refractivity contribution is 5.37. The number of anilines is 1. The van der Waals surface area contributed by atoms with Gasteiger partial charge in [-0.1, -0.05) is 32.9 Å². The lowest BCUT2D eigenvalue weighted by atomic mass is 9.87. The van der Waals surface area contributed by atoms with Gasteiger partial charge in [0.25, 0.3) is 0 Å². The van der Waals surface area contributed by atoms with Gasteiger partial charge in [-0.25, -0.2) is 14.2 Å². The minimum atomic E-state index is -0.574. The van der Waals surface area contributed by atoms with Crippen molar-refractivity contribution in [1.29, 1.82) is 0 Å². The minimum Gasteiger partial charge on any atom is -0.348 e. The predicted octanol–water partition coefficient (Wildman–Crippen LogP) is 1.29. The van der Waals surface area contributed by atoms with Gasteiger partial charge in [0, 0.05) is 21.1 Å². The van der Waals surface area contributed by atoms with E-state index >= 15 is 0 Å². The summed E-state index contributed by atoms with van der Waals surface area (Å²) in [7, 11) is 5.08. The fourth-order valence-electron chi connectivity index (χ4n) is 2.26. The van der Waals surface area contributed by atoms with E-state index in [4.69, 9.17) is 0 Å². The second-order valence-corrected chi connectivity index (χ2v) is 6.56. The van der Waals surface area contributed by atoms with Gasteiger partial charge in [0.2, 0.25) is 5.95 Å². The second kappa shape index (κ2) is 5.44. The first-order valence-electron chi connectivity index (χ1n) is 7.11. The standard InChI is InChI=1S/C16H22N4O2/c1-16(2,3)11-7-9-12(10-8-11)20-14(21)17-13(18(4)5)19(6)15(20)22/h7-10H,1-6H3. The van der Waals surface area contributed by atoms with E-state index in [1.54, 1.807) is 38.2 Å². The fraction of sp³-hybridized carbons (Fsp3) is 0.438. The average molecular weight is 302 g/mol. The highest BCUT2D eigenvalue weighted by atomic mass is 16.2. The molecule has 2 aromatic rings. The van der Waals surface area contributed by atoms with E-state index in [9.17, 15) is 9.59 Å². The Hall–Kier alpha value is -2.37. The molecule has 0 radical (unpaired) electrons. The third-order valence-corrected chi connectivity index (χ3v) is 3.56. The molecule has 118 valence electrons. The summed E-state index contributed by atoms with van der Waals surface area (Å²) in [5, 5.41) is 0. The van der Waals surface area contributed by atoms with Crippen LogP contribution in [0.4, 0.5) is 5.95 Å². The smallest absolute Gasteiger partial charge is 0.348 e. The summed E-state index contributed by atoms with van der Waals surface area (Å²) in [6.07, 6.45) is 0. The molecule has 1 heterocycles. The van der Waals surface area contributed by atoms with E-state index in [1.165, 1.54) is 4.57 Å². The molecule has 1 aromatic heterocycles. The Morgan fingerprint density at radius 1 is 1.05 bits per heavy atom. The average Bonchev–Trinajstić information content (AvgIpc) is 2.42. The summed E-state index contributed by atoms with van der Waals surface area (Å²) >= 11 is 0. The summed E-state index contributed by atoms with van der Waals surface area (Å²) in [6.45, 7) is 6.34. The SMILES string of the molecule is CN(C)c1nc(=O)n(-c2ccc(C(C)(C)C)cc2)c(=O)n1C. The highest BCUT2D eigenvalue weighted by Gasteiger charge is 2.16. The van der Waals surface area contributed by atoms with Crippen LogP contribution in [0.2, 0.25) is 0 Å². The molecule has 0 unspecified atom stereocenters. The second-order valence-electron chi connectivity index (χ2n) is 6.56. The molecule has 22 heavy (non-hydrogen) atoms. The van der Waals surface area contributed by atoms with Crippen molar-refractivity contribution in [2.45, 2.75) is 26.2 Å². The molecular weight excluding hydrogens is 280 g/mol. The first-order valence-corrected chi connectivity index (χ1v) is 7.11. The van der Waals surface area contributed by atoms with E-state index in [2.05, 4.69) is 25.8 Å². The molecule has 0 bridgehead atoms. The number of hydrogen-bond donors (Lipinski definition) is 0. The van der Waals surface area contributed by atoms with Crippen molar-refractivity contribution in [1.82, 2.24) is 14.1 Å². The van der Waals surface area contributed by atoms with E-state index in [0.717, 1.165) is 10.1 Å². The molecule has 6 nitrogen and oxygen atoms in total. The summed E-state index contributed by atoms with van der Waals surface area (Å²) in [6, 6.07) is 7.42. The Balaban J connectivity index is 2.62. The van der Waals surface area contributed by atoms with Crippen molar-refractivity contribution < 1.29 is 0 Å². The zero-order chi connectivity index (χ0) is 16.7. The molecular formula is C16H22N4O2. The maximum atomic E-state index is 12.5. The molecule has 6 heteroatoms. The molecule has 0 spiro atoms. The van der Waals surface area contributed by atoms with Gasteiger partial charge in [-0.2, -0.15) is 4.98 Å².